The summed E-state index contributed by atoms with van der Waals surface area (Å²) in [5.74, 6) is -2.19. The van der Waals surface area contributed by atoms with E-state index in [1.54, 1.807) is 6.92 Å². The SMILES string of the molecule is CCOC(=O)C(C)(CC(O)COCCOC)C(=O)O. The highest BCUT2D eigenvalue weighted by Gasteiger charge is 2.44. The molecule has 0 saturated carbocycles. The molecule has 7 nitrogen and oxygen atoms in total. The van der Waals surface area contributed by atoms with Crippen molar-refractivity contribution in [3.63, 3.8) is 0 Å². The van der Waals surface area contributed by atoms with Gasteiger partial charge in [-0.2, -0.15) is 0 Å². The summed E-state index contributed by atoms with van der Waals surface area (Å²) in [6, 6.07) is 0. The van der Waals surface area contributed by atoms with Gasteiger partial charge >= 0.3 is 11.9 Å². The molecule has 0 bridgehead atoms. The van der Waals surface area contributed by atoms with Gasteiger partial charge in [-0.25, -0.2) is 0 Å². The molecule has 2 unspecified atom stereocenters. The van der Waals surface area contributed by atoms with Crippen LogP contribution in [0.2, 0.25) is 0 Å². The Labute approximate surface area is 112 Å². The zero-order valence-electron chi connectivity index (χ0n) is 11.5. The first-order valence-electron chi connectivity index (χ1n) is 6.03. The second kappa shape index (κ2) is 8.84. The molecule has 7 heteroatoms. The van der Waals surface area contributed by atoms with Gasteiger partial charge in [0.2, 0.25) is 0 Å². The Morgan fingerprint density at radius 1 is 1.32 bits per heavy atom. The van der Waals surface area contributed by atoms with E-state index >= 15 is 0 Å². The fraction of sp³-hybridized carbons (Fsp3) is 0.833. The lowest BCUT2D eigenvalue weighted by Gasteiger charge is -2.25. The third-order valence-corrected chi connectivity index (χ3v) is 2.58. The topological polar surface area (TPSA) is 102 Å². The van der Waals surface area contributed by atoms with Crippen LogP contribution in [0.15, 0.2) is 0 Å². The monoisotopic (exact) mass is 278 g/mol. The molecule has 0 aliphatic carbocycles. The zero-order chi connectivity index (χ0) is 14.9. The number of rotatable bonds is 10. The number of carbonyl (C=O) groups excluding carboxylic acids is 1. The number of carboxylic acid groups (broad SMARTS) is 1. The van der Waals surface area contributed by atoms with Gasteiger partial charge in [0, 0.05) is 13.5 Å². The first-order valence-corrected chi connectivity index (χ1v) is 6.03. The highest BCUT2D eigenvalue weighted by molar-refractivity contribution is 5.98. The van der Waals surface area contributed by atoms with E-state index in [1.165, 1.54) is 14.0 Å². The van der Waals surface area contributed by atoms with Crippen molar-refractivity contribution < 1.29 is 34.0 Å². The molecule has 0 aromatic carbocycles. The standard InChI is InChI=1S/C12H22O7/c1-4-19-11(16)12(2,10(14)15)7-9(13)8-18-6-5-17-3/h9,13H,4-8H2,1-3H3,(H,14,15). The quantitative estimate of drug-likeness (QED) is 0.331. The van der Waals surface area contributed by atoms with Gasteiger partial charge in [0.05, 0.1) is 32.5 Å². The summed E-state index contributed by atoms with van der Waals surface area (Å²) in [5, 5.41) is 18.8. The van der Waals surface area contributed by atoms with Gasteiger partial charge in [-0.1, -0.05) is 0 Å². The summed E-state index contributed by atoms with van der Waals surface area (Å²) in [5.41, 5.74) is -1.78. The molecule has 0 aromatic heterocycles. The van der Waals surface area contributed by atoms with E-state index in [2.05, 4.69) is 0 Å². The first-order chi connectivity index (χ1) is 8.88. The highest BCUT2D eigenvalue weighted by Crippen LogP contribution is 2.26. The number of aliphatic carboxylic acids is 1. The molecule has 19 heavy (non-hydrogen) atoms. The zero-order valence-corrected chi connectivity index (χ0v) is 11.5. The van der Waals surface area contributed by atoms with Gasteiger partial charge in [-0.15, -0.1) is 0 Å². The van der Waals surface area contributed by atoms with E-state index < -0.39 is 23.5 Å². The van der Waals surface area contributed by atoms with E-state index in [0.29, 0.717) is 6.61 Å². The van der Waals surface area contributed by atoms with Crippen LogP contribution in [0.5, 0.6) is 0 Å². The van der Waals surface area contributed by atoms with Crippen molar-refractivity contribution in [2.45, 2.75) is 26.4 Å². The van der Waals surface area contributed by atoms with Gasteiger partial charge in [0.25, 0.3) is 0 Å². The van der Waals surface area contributed by atoms with Gasteiger partial charge in [-0.3, -0.25) is 9.59 Å². The molecule has 0 saturated heterocycles. The minimum absolute atomic E-state index is 0.0639. The molecule has 2 atom stereocenters. The van der Waals surface area contributed by atoms with Crippen molar-refractivity contribution in [2.75, 3.05) is 33.5 Å². The maximum absolute atomic E-state index is 11.6. The normalized spacial score (nSPS) is 15.6. The largest absolute Gasteiger partial charge is 0.480 e. The lowest BCUT2D eigenvalue weighted by Crippen LogP contribution is -2.41. The molecular formula is C12H22O7. The number of carbonyl (C=O) groups is 2. The Bertz CT molecular complexity index is 292. The predicted octanol–water partition coefficient (Wildman–Crippen LogP) is 0.0544. The fourth-order valence-electron chi connectivity index (χ4n) is 1.44. The third kappa shape index (κ3) is 6.00. The molecule has 0 rings (SSSR count). The van der Waals surface area contributed by atoms with Crippen LogP contribution < -0.4 is 0 Å². The maximum Gasteiger partial charge on any atom is 0.323 e. The van der Waals surface area contributed by atoms with Crippen LogP contribution in [0.25, 0.3) is 0 Å². The van der Waals surface area contributed by atoms with Crippen LogP contribution in [-0.4, -0.2) is 61.8 Å². The minimum atomic E-state index is -1.78. The van der Waals surface area contributed by atoms with Crippen molar-refractivity contribution in [1.29, 1.82) is 0 Å². The second-order valence-electron chi connectivity index (χ2n) is 4.28. The summed E-state index contributed by atoms with van der Waals surface area (Å²) in [6.45, 7) is 3.50. The lowest BCUT2D eigenvalue weighted by atomic mass is 9.84. The molecule has 0 aliphatic rings. The van der Waals surface area contributed by atoms with Crippen LogP contribution in [0.3, 0.4) is 0 Å². The Kier molecular flexibility index (Phi) is 8.29. The van der Waals surface area contributed by atoms with Crippen molar-refractivity contribution in [2.24, 2.45) is 5.41 Å². The number of hydrogen-bond acceptors (Lipinski definition) is 6. The smallest absolute Gasteiger partial charge is 0.323 e. The van der Waals surface area contributed by atoms with Gasteiger partial charge in [0.1, 0.15) is 0 Å². The third-order valence-electron chi connectivity index (χ3n) is 2.58. The Hall–Kier alpha value is -1.18. The molecule has 112 valence electrons. The first kappa shape index (κ1) is 17.8. The van der Waals surface area contributed by atoms with Gasteiger partial charge < -0.3 is 24.4 Å². The van der Waals surface area contributed by atoms with Crippen molar-refractivity contribution in [3.05, 3.63) is 0 Å². The van der Waals surface area contributed by atoms with Crippen LogP contribution in [-0.2, 0) is 23.8 Å². The van der Waals surface area contributed by atoms with E-state index in [4.69, 9.17) is 19.3 Å². The molecule has 0 spiro atoms. The van der Waals surface area contributed by atoms with Gasteiger partial charge in [0.15, 0.2) is 5.41 Å². The Morgan fingerprint density at radius 2 is 1.95 bits per heavy atom. The van der Waals surface area contributed by atoms with Crippen LogP contribution in [0, 0.1) is 5.41 Å². The molecule has 0 fully saturated rings. The number of carboxylic acids is 1. The van der Waals surface area contributed by atoms with E-state index in [9.17, 15) is 14.7 Å². The Balaban J connectivity index is 4.41. The summed E-state index contributed by atoms with van der Waals surface area (Å²) < 4.78 is 14.6. The van der Waals surface area contributed by atoms with E-state index in [0.717, 1.165) is 0 Å². The molecule has 0 aliphatic heterocycles. The van der Waals surface area contributed by atoms with Crippen molar-refractivity contribution >= 4 is 11.9 Å². The van der Waals surface area contributed by atoms with Crippen LogP contribution in [0.1, 0.15) is 20.3 Å². The Morgan fingerprint density at radius 3 is 2.42 bits per heavy atom. The van der Waals surface area contributed by atoms with E-state index in [1.807, 2.05) is 0 Å². The van der Waals surface area contributed by atoms with Crippen LogP contribution >= 0.6 is 0 Å². The average Bonchev–Trinajstić information content (AvgIpc) is 2.34. The highest BCUT2D eigenvalue weighted by atomic mass is 16.5. The number of methoxy groups -OCH3 is 1. The number of aliphatic hydroxyl groups excluding tert-OH is 1. The number of aliphatic hydroxyl groups is 1. The molecule has 0 aromatic rings. The summed E-state index contributed by atoms with van der Waals surface area (Å²) in [6.07, 6.45) is -1.34. The molecule has 2 N–H and O–H groups in total. The summed E-state index contributed by atoms with van der Waals surface area (Å²) >= 11 is 0. The summed E-state index contributed by atoms with van der Waals surface area (Å²) in [4.78, 5) is 22.8. The lowest BCUT2D eigenvalue weighted by molar-refractivity contribution is -0.170. The molecular weight excluding hydrogens is 256 g/mol. The summed E-state index contributed by atoms with van der Waals surface area (Å²) in [7, 11) is 1.52. The molecule has 0 radical (unpaired) electrons. The maximum atomic E-state index is 11.6. The number of esters is 1. The van der Waals surface area contributed by atoms with Crippen molar-refractivity contribution in [3.8, 4) is 0 Å². The second-order valence-corrected chi connectivity index (χ2v) is 4.28. The fourth-order valence-corrected chi connectivity index (χ4v) is 1.44. The van der Waals surface area contributed by atoms with Crippen LogP contribution in [0.4, 0.5) is 0 Å². The molecule has 0 amide bonds. The van der Waals surface area contributed by atoms with Gasteiger partial charge in [-0.05, 0) is 13.8 Å². The van der Waals surface area contributed by atoms with E-state index in [-0.39, 0.29) is 26.2 Å². The minimum Gasteiger partial charge on any atom is -0.480 e. The predicted molar refractivity (Wildman–Crippen MR) is 65.7 cm³/mol. The number of ether oxygens (including phenoxy) is 3. The average molecular weight is 278 g/mol. The molecule has 0 heterocycles. The van der Waals surface area contributed by atoms with Crippen molar-refractivity contribution in [1.82, 2.24) is 0 Å². The number of hydrogen-bond donors (Lipinski definition) is 2.